The van der Waals surface area contributed by atoms with Crippen molar-refractivity contribution in [3.05, 3.63) is 28.8 Å². The van der Waals surface area contributed by atoms with Gasteiger partial charge in [-0.2, -0.15) is 4.31 Å². The highest BCUT2D eigenvalue weighted by molar-refractivity contribution is 7.89. The summed E-state index contributed by atoms with van der Waals surface area (Å²) in [5.74, 6) is -0.523. The third-order valence-electron chi connectivity index (χ3n) is 3.51. The van der Waals surface area contributed by atoms with Gasteiger partial charge in [-0.05, 0) is 31.0 Å². The number of Topliss-reactive ketones (excluding diaryl/α,β-unsaturated/α-hetero) is 1. The van der Waals surface area contributed by atoms with Crippen LogP contribution in [0.25, 0.3) is 0 Å². The van der Waals surface area contributed by atoms with Gasteiger partial charge in [0.05, 0.1) is 10.9 Å². The number of carbonyl (C=O) groups is 1. The van der Waals surface area contributed by atoms with Gasteiger partial charge in [0.15, 0.2) is 5.78 Å². The summed E-state index contributed by atoms with van der Waals surface area (Å²) >= 11 is 11.6. The number of carbonyl (C=O) groups excluding carboxylic acids is 1. The predicted octanol–water partition coefficient (Wildman–Crippen LogP) is 4.35. The molecule has 0 bridgehead atoms. The van der Waals surface area contributed by atoms with Gasteiger partial charge in [-0.1, -0.05) is 38.3 Å². The van der Waals surface area contributed by atoms with Gasteiger partial charge in [-0.3, -0.25) is 4.79 Å². The lowest BCUT2D eigenvalue weighted by atomic mass is 10.1. The number of hydrogen-bond acceptors (Lipinski definition) is 3. The number of halogens is 2. The number of hydrogen-bond donors (Lipinski definition) is 0. The Kier molecular flexibility index (Phi) is 8.54. The van der Waals surface area contributed by atoms with Crippen LogP contribution >= 0.6 is 23.2 Å². The first-order valence-electron chi connectivity index (χ1n) is 7.77. The molecule has 0 fully saturated rings. The van der Waals surface area contributed by atoms with Crippen LogP contribution in [0.4, 0.5) is 0 Å². The van der Waals surface area contributed by atoms with Crippen molar-refractivity contribution in [1.82, 2.24) is 4.31 Å². The molecular formula is C16H23Cl2NO3S. The molecule has 0 saturated heterocycles. The summed E-state index contributed by atoms with van der Waals surface area (Å²) in [6.07, 6.45) is 3.36. The number of nitrogens with zero attached hydrogens (tertiary/aromatic N) is 1. The van der Waals surface area contributed by atoms with Gasteiger partial charge in [0, 0.05) is 18.7 Å². The minimum absolute atomic E-state index is 0.0256. The Balaban J connectivity index is 3.24. The van der Waals surface area contributed by atoms with Crippen molar-refractivity contribution in [2.75, 3.05) is 19.0 Å². The lowest BCUT2D eigenvalue weighted by molar-refractivity contribution is 0.102. The zero-order valence-electron chi connectivity index (χ0n) is 13.5. The van der Waals surface area contributed by atoms with Crippen LogP contribution in [-0.2, 0) is 10.0 Å². The molecule has 0 heterocycles. The lowest BCUT2D eigenvalue weighted by Gasteiger charge is -2.22. The Morgan fingerprint density at radius 3 is 2.17 bits per heavy atom. The quantitative estimate of drug-likeness (QED) is 0.448. The number of rotatable bonds is 10. The largest absolute Gasteiger partial charge is 0.293 e. The van der Waals surface area contributed by atoms with Crippen LogP contribution in [-0.4, -0.2) is 37.5 Å². The van der Waals surface area contributed by atoms with E-state index in [1.54, 1.807) is 0 Å². The van der Waals surface area contributed by atoms with Gasteiger partial charge in [0.1, 0.15) is 4.90 Å². The van der Waals surface area contributed by atoms with E-state index in [-0.39, 0.29) is 27.1 Å². The van der Waals surface area contributed by atoms with Crippen LogP contribution in [0.3, 0.4) is 0 Å². The van der Waals surface area contributed by atoms with Gasteiger partial charge in [0.2, 0.25) is 10.0 Å². The predicted molar refractivity (Wildman–Crippen MR) is 95.1 cm³/mol. The third kappa shape index (κ3) is 5.45. The van der Waals surface area contributed by atoms with E-state index >= 15 is 0 Å². The van der Waals surface area contributed by atoms with Crippen molar-refractivity contribution < 1.29 is 13.2 Å². The molecule has 1 rings (SSSR count). The monoisotopic (exact) mass is 379 g/mol. The average Bonchev–Trinajstić information content (AvgIpc) is 2.54. The fourth-order valence-electron chi connectivity index (χ4n) is 2.11. The summed E-state index contributed by atoms with van der Waals surface area (Å²) < 4.78 is 27.3. The van der Waals surface area contributed by atoms with Crippen LogP contribution in [0.5, 0.6) is 0 Å². The summed E-state index contributed by atoms with van der Waals surface area (Å²) in [7, 11) is -3.73. The third-order valence-corrected chi connectivity index (χ3v) is 6.14. The number of benzene rings is 1. The molecule has 4 nitrogen and oxygen atoms in total. The molecule has 0 amide bonds. The van der Waals surface area contributed by atoms with E-state index in [0.29, 0.717) is 13.1 Å². The molecule has 0 radical (unpaired) electrons. The molecule has 0 aromatic heterocycles. The Bertz CT molecular complexity index is 624. The number of ketones is 1. The van der Waals surface area contributed by atoms with Crippen molar-refractivity contribution in [1.29, 1.82) is 0 Å². The van der Waals surface area contributed by atoms with Gasteiger partial charge in [-0.15, -0.1) is 11.6 Å². The normalized spacial score (nSPS) is 11.9. The second-order valence-electron chi connectivity index (χ2n) is 5.31. The van der Waals surface area contributed by atoms with Gasteiger partial charge < -0.3 is 0 Å². The fraction of sp³-hybridized carbons (Fsp3) is 0.562. The first-order chi connectivity index (χ1) is 10.9. The molecule has 0 aliphatic rings. The minimum Gasteiger partial charge on any atom is -0.293 e. The molecule has 0 spiro atoms. The van der Waals surface area contributed by atoms with Crippen LogP contribution in [0, 0.1) is 0 Å². The molecule has 130 valence electrons. The van der Waals surface area contributed by atoms with E-state index in [4.69, 9.17) is 23.2 Å². The molecule has 0 saturated carbocycles. The second kappa shape index (κ2) is 9.62. The van der Waals surface area contributed by atoms with Crippen LogP contribution in [0.15, 0.2) is 23.1 Å². The van der Waals surface area contributed by atoms with E-state index in [2.05, 4.69) is 0 Å². The Hall–Kier alpha value is -0.620. The van der Waals surface area contributed by atoms with Crippen molar-refractivity contribution >= 4 is 39.0 Å². The maximum absolute atomic E-state index is 12.9. The van der Waals surface area contributed by atoms with Crippen LogP contribution in [0.1, 0.15) is 49.9 Å². The van der Waals surface area contributed by atoms with Gasteiger partial charge in [-0.25, -0.2) is 8.42 Å². The first kappa shape index (κ1) is 20.4. The highest BCUT2D eigenvalue weighted by Crippen LogP contribution is 2.27. The molecule has 1 aromatic rings. The maximum atomic E-state index is 12.9. The topological polar surface area (TPSA) is 54.5 Å². The first-order valence-corrected chi connectivity index (χ1v) is 10.1. The summed E-state index contributed by atoms with van der Waals surface area (Å²) in [6.45, 7) is 4.92. The van der Waals surface area contributed by atoms with E-state index < -0.39 is 10.0 Å². The molecule has 0 unspecified atom stereocenters. The summed E-state index contributed by atoms with van der Waals surface area (Å²) in [5.41, 5.74) is 0.258. The smallest absolute Gasteiger partial charge is 0.244 e. The second-order valence-corrected chi connectivity index (χ2v) is 7.89. The molecule has 0 atom stereocenters. The molecule has 0 aliphatic heterocycles. The number of alkyl halides is 1. The van der Waals surface area contributed by atoms with Crippen molar-refractivity contribution in [2.24, 2.45) is 0 Å². The maximum Gasteiger partial charge on any atom is 0.244 e. The van der Waals surface area contributed by atoms with Gasteiger partial charge in [0.25, 0.3) is 0 Å². The Morgan fingerprint density at radius 2 is 1.70 bits per heavy atom. The van der Waals surface area contributed by atoms with Gasteiger partial charge >= 0.3 is 0 Å². The van der Waals surface area contributed by atoms with Crippen molar-refractivity contribution in [2.45, 2.75) is 44.4 Å². The molecular weight excluding hydrogens is 357 g/mol. The van der Waals surface area contributed by atoms with E-state index in [1.165, 1.54) is 22.5 Å². The SMILES string of the molecule is CCCCN(CCCC)S(=O)(=O)c1cc(C(=O)CCl)ccc1Cl. The zero-order valence-corrected chi connectivity index (χ0v) is 15.8. The van der Waals surface area contributed by atoms with Crippen LogP contribution < -0.4 is 0 Å². The highest BCUT2D eigenvalue weighted by atomic mass is 35.5. The molecule has 23 heavy (non-hydrogen) atoms. The van der Waals surface area contributed by atoms with Crippen molar-refractivity contribution in [3.63, 3.8) is 0 Å². The lowest BCUT2D eigenvalue weighted by Crippen LogP contribution is -2.33. The fourth-order valence-corrected chi connectivity index (χ4v) is 4.28. The van der Waals surface area contributed by atoms with Crippen LogP contribution in [0.2, 0.25) is 5.02 Å². The number of unbranched alkanes of at least 4 members (excludes halogenated alkanes) is 2. The highest BCUT2D eigenvalue weighted by Gasteiger charge is 2.27. The molecule has 0 aliphatic carbocycles. The van der Waals surface area contributed by atoms with Crippen molar-refractivity contribution in [3.8, 4) is 0 Å². The molecule has 7 heteroatoms. The zero-order chi connectivity index (χ0) is 17.5. The Labute approximate surface area is 148 Å². The minimum atomic E-state index is -3.73. The Morgan fingerprint density at radius 1 is 1.13 bits per heavy atom. The van der Waals surface area contributed by atoms with E-state index in [9.17, 15) is 13.2 Å². The summed E-state index contributed by atoms with van der Waals surface area (Å²) in [5, 5.41) is 0.120. The number of sulfonamides is 1. The van der Waals surface area contributed by atoms with E-state index in [1.807, 2.05) is 13.8 Å². The standard InChI is InChI=1S/C16H23Cl2NO3S/c1-3-5-9-19(10-6-4-2)23(21,22)16-11-13(15(20)12-17)7-8-14(16)18/h7-8,11H,3-6,9-10,12H2,1-2H3. The molecule has 0 N–H and O–H groups in total. The summed E-state index contributed by atoms with van der Waals surface area (Å²) in [4.78, 5) is 11.7. The average molecular weight is 380 g/mol. The molecule has 1 aromatic carbocycles. The summed E-state index contributed by atoms with van der Waals surface area (Å²) in [6, 6.07) is 4.26. The van der Waals surface area contributed by atoms with E-state index in [0.717, 1.165) is 25.7 Å².